The van der Waals surface area contributed by atoms with Crippen molar-refractivity contribution in [3.8, 4) is 0 Å². The second kappa shape index (κ2) is 13.6. The van der Waals surface area contributed by atoms with Crippen LogP contribution in [-0.2, 0) is 6.42 Å². The van der Waals surface area contributed by atoms with Gasteiger partial charge in [-0.2, -0.15) is 5.10 Å². The van der Waals surface area contributed by atoms with Gasteiger partial charge in [0.2, 0.25) is 0 Å². The summed E-state index contributed by atoms with van der Waals surface area (Å²) in [5.41, 5.74) is 3.90. The monoisotopic (exact) mass is 320 g/mol. The SMILES string of the molecule is CCCCCCCCCCCCCCCCc1c(C)n[nH]c1C. The van der Waals surface area contributed by atoms with E-state index in [-0.39, 0.29) is 0 Å². The van der Waals surface area contributed by atoms with Crippen molar-refractivity contribution in [1.82, 2.24) is 10.2 Å². The molecule has 1 rings (SSSR count). The molecule has 0 amide bonds. The molecule has 0 radical (unpaired) electrons. The summed E-state index contributed by atoms with van der Waals surface area (Å²) in [5.74, 6) is 0. The third-order valence-electron chi connectivity index (χ3n) is 5.06. The minimum absolute atomic E-state index is 1.19. The standard InChI is InChI=1S/C21H40N2/c1-4-5-6-7-8-9-10-11-12-13-14-15-16-17-18-21-19(2)22-23-20(21)3/h4-18H2,1-3H3,(H,22,23). The Kier molecular flexibility index (Phi) is 12.0. The van der Waals surface area contributed by atoms with Crippen LogP contribution in [-0.4, -0.2) is 10.2 Å². The van der Waals surface area contributed by atoms with Crippen LogP contribution >= 0.6 is 0 Å². The molecule has 2 nitrogen and oxygen atoms in total. The minimum Gasteiger partial charge on any atom is -0.282 e. The molecular weight excluding hydrogens is 280 g/mol. The fraction of sp³-hybridized carbons (Fsp3) is 0.857. The van der Waals surface area contributed by atoms with E-state index >= 15 is 0 Å². The first-order valence-corrected chi connectivity index (χ1v) is 10.3. The van der Waals surface area contributed by atoms with Crippen LogP contribution in [0.5, 0.6) is 0 Å². The maximum atomic E-state index is 4.28. The summed E-state index contributed by atoms with van der Waals surface area (Å²) >= 11 is 0. The molecule has 23 heavy (non-hydrogen) atoms. The smallest absolute Gasteiger partial charge is 0.0625 e. The zero-order chi connectivity index (χ0) is 16.8. The van der Waals surface area contributed by atoms with Crippen molar-refractivity contribution >= 4 is 0 Å². The molecule has 1 heterocycles. The van der Waals surface area contributed by atoms with Crippen LogP contribution in [0.4, 0.5) is 0 Å². The summed E-state index contributed by atoms with van der Waals surface area (Å²) in [6.07, 6.45) is 21.2. The van der Waals surface area contributed by atoms with Crippen molar-refractivity contribution in [1.29, 1.82) is 0 Å². The van der Waals surface area contributed by atoms with E-state index in [0.717, 1.165) is 0 Å². The first-order chi connectivity index (χ1) is 11.3. The molecule has 0 saturated carbocycles. The topological polar surface area (TPSA) is 28.7 Å². The van der Waals surface area contributed by atoms with Crippen molar-refractivity contribution in [2.24, 2.45) is 0 Å². The average Bonchev–Trinajstić information content (AvgIpc) is 2.86. The lowest BCUT2D eigenvalue weighted by Crippen LogP contribution is -1.90. The van der Waals surface area contributed by atoms with Gasteiger partial charge in [-0.15, -0.1) is 0 Å². The number of aromatic amines is 1. The van der Waals surface area contributed by atoms with E-state index in [1.165, 1.54) is 113 Å². The van der Waals surface area contributed by atoms with Crippen LogP contribution in [0.15, 0.2) is 0 Å². The number of rotatable bonds is 15. The summed E-state index contributed by atoms with van der Waals surface area (Å²) in [7, 11) is 0. The lowest BCUT2D eigenvalue weighted by Gasteiger charge is -2.04. The zero-order valence-corrected chi connectivity index (χ0v) is 16.1. The van der Waals surface area contributed by atoms with E-state index in [4.69, 9.17) is 0 Å². The lowest BCUT2D eigenvalue weighted by atomic mass is 10.0. The second-order valence-corrected chi connectivity index (χ2v) is 7.26. The number of nitrogens with zero attached hydrogens (tertiary/aromatic N) is 1. The summed E-state index contributed by atoms with van der Waals surface area (Å²) in [6, 6.07) is 0. The summed E-state index contributed by atoms with van der Waals surface area (Å²) < 4.78 is 0. The highest BCUT2D eigenvalue weighted by Crippen LogP contribution is 2.16. The van der Waals surface area contributed by atoms with Gasteiger partial charge in [0.1, 0.15) is 0 Å². The molecule has 0 spiro atoms. The molecular formula is C21H40N2. The van der Waals surface area contributed by atoms with Crippen LogP contribution in [0.3, 0.4) is 0 Å². The Morgan fingerprint density at radius 3 is 1.48 bits per heavy atom. The molecule has 0 bridgehead atoms. The number of nitrogens with one attached hydrogen (secondary N) is 1. The van der Waals surface area contributed by atoms with E-state index in [0.29, 0.717) is 0 Å². The molecule has 0 aliphatic heterocycles. The second-order valence-electron chi connectivity index (χ2n) is 7.26. The number of aromatic nitrogens is 2. The molecule has 0 saturated heterocycles. The normalized spacial score (nSPS) is 11.3. The number of H-pyrrole nitrogens is 1. The molecule has 2 heteroatoms. The van der Waals surface area contributed by atoms with E-state index in [1.54, 1.807) is 0 Å². The molecule has 1 aromatic rings. The number of hydrogen-bond acceptors (Lipinski definition) is 1. The predicted molar refractivity (Wildman–Crippen MR) is 102 cm³/mol. The Morgan fingerprint density at radius 1 is 0.652 bits per heavy atom. The Hall–Kier alpha value is -0.790. The molecule has 0 fully saturated rings. The van der Waals surface area contributed by atoms with Crippen molar-refractivity contribution in [2.45, 2.75) is 117 Å². The number of unbranched alkanes of at least 4 members (excludes halogenated alkanes) is 13. The molecule has 0 aliphatic carbocycles. The van der Waals surface area contributed by atoms with Gasteiger partial charge in [-0.05, 0) is 32.3 Å². The van der Waals surface area contributed by atoms with E-state index in [2.05, 4.69) is 31.0 Å². The number of aryl methyl sites for hydroxylation is 2. The molecule has 0 unspecified atom stereocenters. The fourth-order valence-corrected chi connectivity index (χ4v) is 3.44. The molecule has 1 aromatic heterocycles. The van der Waals surface area contributed by atoms with Crippen molar-refractivity contribution in [2.75, 3.05) is 0 Å². The average molecular weight is 321 g/mol. The fourth-order valence-electron chi connectivity index (χ4n) is 3.44. The molecule has 134 valence electrons. The maximum Gasteiger partial charge on any atom is 0.0625 e. The molecule has 0 aliphatic rings. The Bertz CT molecular complexity index is 362. The minimum atomic E-state index is 1.19. The van der Waals surface area contributed by atoms with Gasteiger partial charge in [0, 0.05) is 5.69 Å². The van der Waals surface area contributed by atoms with Crippen molar-refractivity contribution < 1.29 is 0 Å². The van der Waals surface area contributed by atoms with Crippen molar-refractivity contribution in [3.63, 3.8) is 0 Å². The highest BCUT2D eigenvalue weighted by molar-refractivity contribution is 5.22. The molecule has 0 atom stereocenters. The van der Waals surface area contributed by atoms with Gasteiger partial charge in [0.05, 0.1) is 5.69 Å². The van der Waals surface area contributed by atoms with Gasteiger partial charge in [-0.1, -0.05) is 90.4 Å². The van der Waals surface area contributed by atoms with Crippen LogP contribution in [0.1, 0.15) is 114 Å². The molecule has 0 aromatic carbocycles. The Labute approximate surface area is 144 Å². The first-order valence-electron chi connectivity index (χ1n) is 10.3. The third-order valence-corrected chi connectivity index (χ3v) is 5.06. The largest absolute Gasteiger partial charge is 0.282 e. The Morgan fingerprint density at radius 2 is 1.09 bits per heavy atom. The lowest BCUT2D eigenvalue weighted by molar-refractivity contribution is 0.535. The highest BCUT2D eigenvalue weighted by atomic mass is 15.1. The van der Waals surface area contributed by atoms with Gasteiger partial charge in [0.25, 0.3) is 0 Å². The Balaban J connectivity index is 1.80. The van der Waals surface area contributed by atoms with Gasteiger partial charge in [-0.3, -0.25) is 5.10 Å². The first kappa shape index (κ1) is 20.3. The van der Waals surface area contributed by atoms with E-state index in [1.807, 2.05) is 0 Å². The van der Waals surface area contributed by atoms with Gasteiger partial charge in [-0.25, -0.2) is 0 Å². The summed E-state index contributed by atoms with van der Waals surface area (Å²) in [5, 5.41) is 7.36. The van der Waals surface area contributed by atoms with E-state index < -0.39 is 0 Å². The van der Waals surface area contributed by atoms with E-state index in [9.17, 15) is 0 Å². The van der Waals surface area contributed by atoms with Crippen molar-refractivity contribution in [3.05, 3.63) is 17.0 Å². The maximum absolute atomic E-state index is 4.28. The summed E-state index contributed by atoms with van der Waals surface area (Å²) in [4.78, 5) is 0. The van der Waals surface area contributed by atoms with Crippen LogP contribution in [0.2, 0.25) is 0 Å². The van der Waals surface area contributed by atoms with Gasteiger partial charge < -0.3 is 0 Å². The van der Waals surface area contributed by atoms with Crippen LogP contribution in [0, 0.1) is 13.8 Å². The van der Waals surface area contributed by atoms with Crippen LogP contribution in [0.25, 0.3) is 0 Å². The zero-order valence-electron chi connectivity index (χ0n) is 16.1. The van der Waals surface area contributed by atoms with Gasteiger partial charge in [0.15, 0.2) is 0 Å². The quantitative estimate of drug-likeness (QED) is 0.344. The van der Waals surface area contributed by atoms with Crippen LogP contribution < -0.4 is 0 Å². The summed E-state index contributed by atoms with van der Waals surface area (Å²) in [6.45, 7) is 6.54. The predicted octanol–water partition coefficient (Wildman–Crippen LogP) is 7.05. The highest BCUT2D eigenvalue weighted by Gasteiger charge is 2.05. The van der Waals surface area contributed by atoms with Gasteiger partial charge >= 0.3 is 0 Å². The molecule has 1 N–H and O–H groups in total. The number of hydrogen-bond donors (Lipinski definition) is 1. The third kappa shape index (κ3) is 9.84.